The van der Waals surface area contributed by atoms with E-state index in [0.29, 0.717) is 17.1 Å². The molecule has 5 nitrogen and oxygen atoms in total. The van der Waals surface area contributed by atoms with Gasteiger partial charge < -0.3 is 19.3 Å². The SMILES string of the molecule is CCCN(c1ccc(C)cc1)c1ccc2c(c1)Oc1cc(C)c(N(CC)c3ccc(C)cc3)cc1C21OC(=O)c2ccccc21. The minimum Gasteiger partial charge on any atom is -0.456 e. The van der Waals surface area contributed by atoms with Crippen LogP contribution >= 0.6 is 0 Å². The Morgan fingerprint density at radius 1 is 0.644 bits per heavy atom. The monoisotopic (exact) mass is 594 g/mol. The van der Waals surface area contributed by atoms with Crippen LogP contribution < -0.4 is 14.5 Å². The van der Waals surface area contributed by atoms with Crippen LogP contribution in [0, 0.1) is 20.8 Å². The molecule has 2 heterocycles. The van der Waals surface area contributed by atoms with E-state index in [-0.39, 0.29) is 5.97 Å². The van der Waals surface area contributed by atoms with Gasteiger partial charge in [0.25, 0.3) is 0 Å². The Kier molecular flexibility index (Phi) is 7.12. The molecule has 226 valence electrons. The van der Waals surface area contributed by atoms with E-state index in [2.05, 4.69) is 123 Å². The van der Waals surface area contributed by atoms with Crippen molar-refractivity contribution in [1.82, 2.24) is 0 Å². The van der Waals surface area contributed by atoms with E-state index >= 15 is 0 Å². The van der Waals surface area contributed by atoms with Crippen LogP contribution in [0.15, 0.2) is 103 Å². The lowest BCUT2D eigenvalue weighted by Crippen LogP contribution is -2.33. The summed E-state index contributed by atoms with van der Waals surface area (Å²) in [5.41, 5.74) is 9.78. The third-order valence-corrected chi connectivity index (χ3v) is 9.07. The van der Waals surface area contributed by atoms with Gasteiger partial charge >= 0.3 is 5.97 Å². The van der Waals surface area contributed by atoms with Crippen molar-refractivity contribution >= 4 is 28.7 Å². The molecule has 5 heteroatoms. The van der Waals surface area contributed by atoms with Crippen molar-refractivity contribution in [2.45, 2.75) is 46.6 Å². The molecular weight excluding hydrogens is 556 g/mol. The standard InChI is InChI=1S/C40H38N2O3/c1-6-22-42(30-18-14-27(4)15-19-30)31-20-21-34-38(24-31)44-37-23-28(5)36(41(7-2)29-16-12-26(3)13-17-29)25-35(37)40(34)33-11-9-8-10-32(33)39(43)45-40/h8-21,23-25H,6-7,22H2,1-5H3. The van der Waals surface area contributed by atoms with Gasteiger partial charge in [-0.2, -0.15) is 0 Å². The smallest absolute Gasteiger partial charge is 0.340 e. The fourth-order valence-corrected chi connectivity index (χ4v) is 6.83. The van der Waals surface area contributed by atoms with Gasteiger partial charge in [-0.3, -0.25) is 0 Å². The second kappa shape index (κ2) is 11.2. The molecule has 0 N–H and O–H groups in total. The van der Waals surface area contributed by atoms with Gasteiger partial charge in [-0.15, -0.1) is 0 Å². The Hall–Kier alpha value is -5.03. The summed E-state index contributed by atoms with van der Waals surface area (Å²) in [7, 11) is 0. The number of hydrogen-bond acceptors (Lipinski definition) is 5. The zero-order valence-electron chi connectivity index (χ0n) is 26.6. The zero-order valence-corrected chi connectivity index (χ0v) is 26.6. The Morgan fingerprint density at radius 3 is 1.93 bits per heavy atom. The van der Waals surface area contributed by atoms with Gasteiger partial charge in [0.1, 0.15) is 11.5 Å². The second-order valence-electron chi connectivity index (χ2n) is 12.1. The molecule has 2 aliphatic rings. The van der Waals surface area contributed by atoms with E-state index in [0.717, 1.165) is 64.5 Å². The normalized spacial score (nSPS) is 16.0. The Morgan fingerprint density at radius 2 is 1.27 bits per heavy atom. The number of benzene rings is 5. The van der Waals surface area contributed by atoms with E-state index in [9.17, 15) is 4.79 Å². The molecule has 0 saturated heterocycles. The number of anilines is 4. The molecule has 45 heavy (non-hydrogen) atoms. The van der Waals surface area contributed by atoms with Crippen molar-refractivity contribution in [2.24, 2.45) is 0 Å². The first-order valence-electron chi connectivity index (χ1n) is 15.8. The minimum absolute atomic E-state index is 0.325. The summed E-state index contributed by atoms with van der Waals surface area (Å²) in [5, 5.41) is 0. The van der Waals surface area contributed by atoms with Gasteiger partial charge in [-0.25, -0.2) is 4.79 Å². The summed E-state index contributed by atoms with van der Waals surface area (Å²) in [6, 6.07) is 35.5. The molecule has 0 aliphatic carbocycles. The van der Waals surface area contributed by atoms with E-state index in [1.807, 2.05) is 24.3 Å². The quantitative estimate of drug-likeness (QED) is 0.175. The largest absolute Gasteiger partial charge is 0.456 e. The molecule has 0 fully saturated rings. The number of carbonyl (C=O) groups is 1. The number of aryl methyl sites for hydroxylation is 3. The molecule has 0 aromatic heterocycles. The molecule has 5 aromatic carbocycles. The number of carbonyl (C=O) groups excluding carboxylic acids is 1. The maximum atomic E-state index is 13.5. The minimum atomic E-state index is -1.14. The first kappa shape index (κ1) is 28.7. The maximum Gasteiger partial charge on any atom is 0.340 e. The highest BCUT2D eigenvalue weighted by Crippen LogP contribution is 2.58. The van der Waals surface area contributed by atoms with Gasteiger partial charge in [0.05, 0.1) is 5.56 Å². The molecule has 0 amide bonds. The van der Waals surface area contributed by atoms with Crippen LogP contribution in [0.3, 0.4) is 0 Å². The highest BCUT2D eigenvalue weighted by atomic mass is 16.6. The van der Waals surface area contributed by atoms with Crippen molar-refractivity contribution in [3.63, 3.8) is 0 Å². The van der Waals surface area contributed by atoms with E-state index in [1.165, 1.54) is 11.1 Å². The van der Waals surface area contributed by atoms with Gasteiger partial charge in [0.15, 0.2) is 5.60 Å². The van der Waals surface area contributed by atoms with Crippen molar-refractivity contribution in [1.29, 1.82) is 0 Å². The molecule has 7 rings (SSSR count). The predicted molar refractivity (Wildman–Crippen MR) is 182 cm³/mol. The first-order chi connectivity index (χ1) is 21.8. The third kappa shape index (κ3) is 4.65. The van der Waals surface area contributed by atoms with E-state index in [4.69, 9.17) is 9.47 Å². The van der Waals surface area contributed by atoms with E-state index in [1.54, 1.807) is 0 Å². The van der Waals surface area contributed by atoms with Crippen LogP contribution in [0.4, 0.5) is 22.7 Å². The van der Waals surface area contributed by atoms with Crippen LogP contribution in [0.2, 0.25) is 0 Å². The summed E-state index contributed by atoms with van der Waals surface area (Å²) in [4.78, 5) is 18.2. The molecule has 0 bridgehead atoms. The Labute approximate surface area is 265 Å². The average molecular weight is 595 g/mol. The van der Waals surface area contributed by atoms with Crippen molar-refractivity contribution in [2.75, 3.05) is 22.9 Å². The summed E-state index contributed by atoms with van der Waals surface area (Å²) in [5.74, 6) is 1.06. The molecule has 1 spiro atoms. The lowest BCUT2D eigenvalue weighted by Gasteiger charge is -2.38. The number of rotatable bonds is 7. The van der Waals surface area contributed by atoms with Gasteiger partial charge in [-0.05, 0) is 94.3 Å². The fourth-order valence-electron chi connectivity index (χ4n) is 6.83. The number of nitrogens with zero attached hydrogens (tertiary/aromatic N) is 2. The molecule has 0 saturated carbocycles. The molecular formula is C40H38N2O3. The summed E-state index contributed by atoms with van der Waals surface area (Å²) in [6.07, 6.45) is 0.987. The average Bonchev–Trinajstić information content (AvgIpc) is 3.34. The lowest BCUT2D eigenvalue weighted by atomic mass is 9.77. The van der Waals surface area contributed by atoms with Crippen LogP contribution in [0.5, 0.6) is 11.5 Å². The van der Waals surface area contributed by atoms with Gasteiger partial charge in [0.2, 0.25) is 0 Å². The lowest BCUT2D eigenvalue weighted by molar-refractivity contribution is 0.0224. The van der Waals surface area contributed by atoms with Crippen LogP contribution in [-0.4, -0.2) is 19.1 Å². The summed E-state index contributed by atoms with van der Waals surface area (Å²) < 4.78 is 13.3. The number of esters is 1. The van der Waals surface area contributed by atoms with Crippen molar-refractivity contribution in [3.8, 4) is 11.5 Å². The van der Waals surface area contributed by atoms with Crippen LogP contribution in [0.1, 0.15) is 64.0 Å². The second-order valence-corrected chi connectivity index (χ2v) is 12.1. The molecule has 0 radical (unpaired) electrons. The zero-order chi connectivity index (χ0) is 31.3. The predicted octanol–water partition coefficient (Wildman–Crippen LogP) is 9.89. The van der Waals surface area contributed by atoms with Gasteiger partial charge in [-0.1, -0.05) is 60.5 Å². The molecule has 1 atom stereocenters. The first-order valence-corrected chi connectivity index (χ1v) is 15.8. The Balaban J connectivity index is 1.42. The van der Waals surface area contributed by atoms with Crippen molar-refractivity contribution < 1.29 is 14.3 Å². The summed E-state index contributed by atoms with van der Waals surface area (Å²) in [6.45, 7) is 12.3. The molecule has 2 aliphatic heterocycles. The van der Waals surface area contributed by atoms with Crippen LogP contribution in [0.25, 0.3) is 0 Å². The third-order valence-electron chi connectivity index (χ3n) is 9.07. The molecule has 5 aromatic rings. The number of fused-ring (bicyclic) bond motifs is 6. The maximum absolute atomic E-state index is 13.5. The Bertz CT molecular complexity index is 1910. The van der Waals surface area contributed by atoms with Crippen LogP contribution in [-0.2, 0) is 10.3 Å². The number of ether oxygens (including phenoxy) is 2. The highest BCUT2D eigenvalue weighted by molar-refractivity contribution is 5.97. The fraction of sp³-hybridized carbons (Fsp3) is 0.225. The number of hydrogen-bond donors (Lipinski definition) is 0. The molecule has 1 unspecified atom stereocenters. The highest BCUT2D eigenvalue weighted by Gasteiger charge is 2.53. The van der Waals surface area contributed by atoms with Gasteiger partial charge in [0, 0.05) is 58.6 Å². The van der Waals surface area contributed by atoms with E-state index < -0.39 is 5.60 Å². The summed E-state index contributed by atoms with van der Waals surface area (Å²) >= 11 is 0. The van der Waals surface area contributed by atoms with Crippen molar-refractivity contribution in [3.05, 3.63) is 142 Å². The topological polar surface area (TPSA) is 42.0 Å².